The number of hydrogen-bond acceptors (Lipinski definition) is 5. The smallest absolute Gasteiger partial charge is 0.306 e. The van der Waals surface area contributed by atoms with E-state index in [1.54, 1.807) is 0 Å². The van der Waals surface area contributed by atoms with Gasteiger partial charge in [0.25, 0.3) is 0 Å². The Bertz CT molecular complexity index is 1040. The van der Waals surface area contributed by atoms with Gasteiger partial charge >= 0.3 is 11.9 Å². The quantitative estimate of drug-likeness (QED) is 0.0347. The number of hydrogen-bond donors (Lipinski definition) is 0. The minimum atomic E-state index is -0.544. The molecule has 1 atom stereocenters. The van der Waals surface area contributed by atoms with Gasteiger partial charge in [-0.2, -0.15) is 0 Å². The van der Waals surface area contributed by atoms with Crippen LogP contribution < -0.4 is 0 Å². The largest absolute Gasteiger partial charge is 0.462 e. The summed E-state index contributed by atoms with van der Waals surface area (Å²) in [5, 5.41) is 0. The van der Waals surface area contributed by atoms with Gasteiger partial charge < -0.3 is 14.2 Å². The summed E-state index contributed by atoms with van der Waals surface area (Å²) >= 11 is 0. The molecule has 0 aliphatic heterocycles. The Morgan fingerprint density at radius 2 is 0.750 bits per heavy atom. The molecule has 0 aliphatic rings. The molecule has 0 fully saturated rings. The Morgan fingerprint density at radius 1 is 0.383 bits per heavy atom. The van der Waals surface area contributed by atoms with Crippen molar-refractivity contribution in [1.82, 2.24) is 0 Å². The molecule has 0 saturated carbocycles. The average molecular weight is 839 g/mol. The summed E-state index contributed by atoms with van der Waals surface area (Å²) in [5.41, 5.74) is 0. The number of unbranched alkanes of at least 4 members (excludes halogenated alkanes) is 26. The SMILES string of the molecule is CC/C=C\C/C=C\C/C=C\C/C=C\C/C=C\CCCCCC(=O)OCC(COCCCCCCCCCCCCCCCCCCCCCC)OC(=O)CCCCCCC. The summed E-state index contributed by atoms with van der Waals surface area (Å²) in [5.74, 6) is -0.440. The number of ether oxygens (including phenoxy) is 3. The Labute approximate surface area is 373 Å². The van der Waals surface area contributed by atoms with Gasteiger partial charge in [-0.25, -0.2) is 0 Å². The van der Waals surface area contributed by atoms with E-state index < -0.39 is 6.10 Å². The average Bonchev–Trinajstić information content (AvgIpc) is 3.25. The van der Waals surface area contributed by atoms with Crippen molar-refractivity contribution in [2.75, 3.05) is 19.8 Å². The van der Waals surface area contributed by atoms with Crippen LogP contribution in [0.1, 0.15) is 252 Å². The Kier molecular flexibility index (Phi) is 48.9. The van der Waals surface area contributed by atoms with Crippen LogP contribution in [0.2, 0.25) is 0 Å². The van der Waals surface area contributed by atoms with E-state index in [2.05, 4.69) is 81.5 Å². The molecule has 0 spiro atoms. The second-order valence-corrected chi connectivity index (χ2v) is 17.1. The summed E-state index contributed by atoms with van der Waals surface area (Å²) < 4.78 is 17.3. The van der Waals surface area contributed by atoms with E-state index in [1.165, 1.54) is 128 Å². The van der Waals surface area contributed by atoms with Gasteiger partial charge in [-0.05, 0) is 64.2 Å². The zero-order valence-electron chi connectivity index (χ0n) is 40.0. The molecule has 5 nitrogen and oxygen atoms in total. The molecular formula is C55H98O5. The first-order valence-corrected chi connectivity index (χ1v) is 25.8. The van der Waals surface area contributed by atoms with Crippen molar-refractivity contribution >= 4 is 11.9 Å². The summed E-state index contributed by atoms with van der Waals surface area (Å²) in [7, 11) is 0. The number of rotatable bonds is 47. The van der Waals surface area contributed by atoms with Crippen LogP contribution >= 0.6 is 0 Å². The summed E-state index contributed by atoms with van der Waals surface area (Å²) in [4.78, 5) is 25.1. The van der Waals surface area contributed by atoms with E-state index in [0.717, 1.165) is 89.9 Å². The molecule has 60 heavy (non-hydrogen) atoms. The molecule has 0 rings (SSSR count). The molecule has 0 aliphatic carbocycles. The first kappa shape index (κ1) is 57.6. The molecule has 0 bridgehead atoms. The van der Waals surface area contributed by atoms with Gasteiger partial charge in [0, 0.05) is 19.4 Å². The lowest BCUT2D eigenvalue weighted by Crippen LogP contribution is -2.30. The highest BCUT2D eigenvalue weighted by Gasteiger charge is 2.17. The van der Waals surface area contributed by atoms with Crippen LogP contribution in [0, 0.1) is 0 Å². The fourth-order valence-corrected chi connectivity index (χ4v) is 7.24. The van der Waals surface area contributed by atoms with Crippen LogP contribution in [0.5, 0.6) is 0 Å². The molecule has 0 aromatic carbocycles. The van der Waals surface area contributed by atoms with E-state index in [-0.39, 0.29) is 25.2 Å². The lowest BCUT2D eigenvalue weighted by atomic mass is 10.0. The molecule has 5 heteroatoms. The van der Waals surface area contributed by atoms with Crippen LogP contribution in [-0.4, -0.2) is 37.9 Å². The molecular weight excluding hydrogens is 741 g/mol. The predicted octanol–water partition coefficient (Wildman–Crippen LogP) is 17.3. The fourth-order valence-electron chi connectivity index (χ4n) is 7.24. The third-order valence-corrected chi connectivity index (χ3v) is 11.1. The molecule has 0 saturated heterocycles. The predicted molar refractivity (Wildman–Crippen MR) is 261 cm³/mol. The van der Waals surface area contributed by atoms with E-state index >= 15 is 0 Å². The molecule has 0 radical (unpaired) electrons. The maximum Gasteiger partial charge on any atom is 0.306 e. The van der Waals surface area contributed by atoms with Crippen molar-refractivity contribution in [3.05, 3.63) is 60.8 Å². The van der Waals surface area contributed by atoms with Gasteiger partial charge in [-0.3, -0.25) is 9.59 Å². The monoisotopic (exact) mass is 839 g/mol. The molecule has 348 valence electrons. The van der Waals surface area contributed by atoms with E-state index in [4.69, 9.17) is 14.2 Å². The lowest BCUT2D eigenvalue weighted by molar-refractivity contribution is -0.163. The molecule has 0 heterocycles. The lowest BCUT2D eigenvalue weighted by Gasteiger charge is -2.18. The minimum absolute atomic E-state index is 0.0691. The van der Waals surface area contributed by atoms with Crippen LogP contribution in [0.3, 0.4) is 0 Å². The maximum absolute atomic E-state index is 12.6. The second-order valence-electron chi connectivity index (χ2n) is 17.1. The highest BCUT2D eigenvalue weighted by Crippen LogP contribution is 2.15. The number of carbonyl (C=O) groups excluding carboxylic acids is 2. The molecule has 1 unspecified atom stereocenters. The molecule has 0 amide bonds. The molecule has 0 N–H and O–H groups in total. The normalized spacial score (nSPS) is 12.7. The number of allylic oxidation sites excluding steroid dienone is 10. The van der Waals surface area contributed by atoms with Gasteiger partial charge in [0.1, 0.15) is 6.61 Å². The topological polar surface area (TPSA) is 61.8 Å². The van der Waals surface area contributed by atoms with Gasteiger partial charge in [-0.15, -0.1) is 0 Å². The minimum Gasteiger partial charge on any atom is -0.462 e. The maximum atomic E-state index is 12.6. The van der Waals surface area contributed by atoms with Crippen molar-refractivity contribution in [2.45, 2.75) is 258 Å². The van der Waals surface area contributed by atoms with Crippen LogP contribution in [0.4, 0.5) is 0 Å². The summed E-state index contributed by atoms with van der Waals surface area (Å²) in [6, 6.07) is 0. The standard InChI is InChI=1S/C55H98O5/c1-4-7-10-13-15-17-19-21-23-25-27-29-31-33-35-37-39-41-44-47-50-58-51-53(60-55(57)49-46-42-12-9-6-3)52-59-54(56)48-45-43-40-38-36-34-32-30-28-26-24-22-20-18-16-14-11-8-5-2/h8,11,16,18,22,24,28,30,34,36,53H,4-7,9-10,12-15,17,19-21,23,25-27,29,31-33,35,37-52H2,1-3H3/b11-8-,18-16-,24-22-,30-28-,36-34-. The van der Waals surface area contributed by atoms with Crippen molar-refractivity contribution in [1.29, 1.82) is 0 Å². The zero-order chi connectivity index (χ0) is 43.5. The van der Waals surface area contributed by atoms with Crippen molar-refractivity contribution in [2.24, 2.45) is 0 Å². The van der Waals surface area contributed by atoms with Crippen LogP contribution in [0.15, 0.2) is 60.8 Å². The van der Waals surface area contributed by atoms with Gasteiger partial charge in [0.15, 0.2) is 6.10 Å². The summed E-state index contributed by atoms with van der Waals surface area (Å²) in [6.45, 7) is 7.64. The Morgan fingerprint density at radius 3 is 1.20 bits per heavy atom. The van der Waals surface area contributed by atoms with Gasteiger partial charge in [0.05, 0.1) is 6.61 Å². The zero-order valence-corrected chi connectivity index (χ0v) is 40.0. The first-order valence-electron chi connectivity index (χ1n) is 25.8. The van der Waals surface area contributed by atoms with Crippen molar-refractivity contribution in [3.63, 3.8) is 0 Å². The highest BCUT2D eigenvalue weighted by molar-refractivity contribution is 5.70. The van der Waals surface area contributed by atoms with Crippen molar-refractivity contribution < 1.29 is 23.8 Å². The first-order chi connectivity index (χ1) is 29.6. The van der Waals surface area contributed by atoms with E-state index in [9.17, 15) is 9.59 Å². The third kappa shape index (κ3) is 48.3. The van der Waals surface area contributed by atoms with E-state index in [1.807, 2.05) is 0 Å². The fraction of sp³-hybridized carbons (Fsp3) is 0.782. The molecule has 0 aromatic rings. The van der Waals surface area contributed by atoms with E-state index in [0.29, 0.717) is 19.4 Å². The van der Waals surface area contributed by atoms with Crippen LogP contribution in [-0.2, 0) is 23.8 Å². The van der Waals surface area contributed by atoms with Gasteiger partial charge in [0.2, 0.25) is 0 Å². The van der Waals surface area contributed by atoms with Crippen LogP contribution in [0.25, 0.3) is 0 Å². The molecule has 0 aromatic heterocycles. The van der Waals surface area contributed by atoms with Crippen molar-refractivity contribution in [3.8, 4) is 0 Å². The highest BCUT2D eigenvalue weighted by atomic mass is 16.6. The third-order valence-electron chi connectivity index (χ3n) is 11.1. The number of esters is 2. The second kappa shape index (κ2) is 51.0. The summed E-state index contributed by atoms with van der Waals surface area (Å²) in [6.07, 6.45) is 64.1. The number of carbonyl (C=O) groups is 2. The van der Waals surface area contributed by atoms with Gasteiger partial charge in [-0.1, -0.05) is 236 Å². The Hall–Kier alpha value is -2.40. The Balaban J connectivity index is 4.04.